The Bertz CT molecular complexity index is 432. The van der Waals surface area contributed by atoms with Crippen molar-refractivity contribution >= 4 is 11.6 Å². The van der Waals surface area contributed by atoms with Crippen LogP contribution in [0.15, 0.2) is 18.2 Å². The van der Waals surface area contributed by atoms with Crippen LogP contribution in [0.4, 0.5) is 5.69 Å². The molecule has 19 heavy (non-hydrogen) atoms. The Labute approximate surface area is 114 Å². The van der Waals surface area contributed by atoms with Crippen LogP contribution < -0.4 is 10.6 Å². The summed E-state index contributed by atoms with van der Waals surface area (Å²) in [5, 5.41) is 6.38. The molecule has 1 heterocycles. The third-order valence-electron chi connectivity index (χ3n) is 3.32. The van der Waals surface area contributed by atoms with Crippen LogP contribution in [-0.4, -0.2) is 25.7 Å². The average Bonchev–Trinajstić information content (AvgIpc) is 2.45. The van der Waals surface area contributed by atoms with Crippen molar-refractivity contribution in [2.75, 3.05) is 25.1 Å². The van der Waals surface area contributed by atoms with Crippen LogP contribution >= 0.6 is 0 Å². The van der Waals surface area contributed by atoms with Gasteiger partial charge in [0.1, 0.15) is 0 Å². The van der Waals surface area contributed by atoms with Gasteiger partial charge in [0.05, 0.1) is 6.61 Å². The first kappa shape index (κ1) is 13.9. The molecule has 0 spiro atoms. The maximum Gasteiger partial charge on any atom is 0.222 e. The fraction of sp³-hybridized carbons (Fsp3) is 0.533. The van der Waals surface area contributed by atoms with Crippen molar-refractivity contribution in [1.82, 2.24) is 5.32 Å². The molecule has 4 nitrogen and oxygen atoms in total. The average molecular weight is 262 g/mol. The lowest BCUT2D eigenvalue weighted by Crippen LogP contribution is -2.25. The van der Waals surface area contributed by atoms with E-state index in [0.717, 1.165) is 13.0 Å². The minimum absolute atomic E-state index is 0.0434. The molecule has 0 unspecified atom stereocenters. The molecular formula is C15H22N2O2. The summed E-state index contributed by atoms with van der Waals surface area (Å²) in [4.78, 5) is 11.6. The molecule has 4 heteroatoms. The van der Waals surface area contributed by atoms with Gasteiger partial charge in [-0.1, -0.05) is 18.2 Å². The second-order valence-electron chi connectivity index (χ2n) is 4.71. The van der Waals surface area contributed by atoms with Crippen LogP contribution in [0.2, 0.25) is 0 Å². The van der Waals surface area contributed by atoms with E-state index in [4.69, 9.17) is 4.74 Å². The summed E-state index contributed by atoms with van der Waals surface area (Å²) in [5.41, 5.74) is 3.73. The van der Waals surface area contributed by atoms with Crippen LogP contribution in [0.5, 0.6) is 0 Å². The molecule has 0 atom stereocenters. The number of anilines is 1. The second-order valence-corrected chi connectivity index (χ2v) is 4.71. The molecule has 0 aliphatic carbocycles. The lowest BCUT2D eigenvalue weighted by atomic mass is 9.99. The predicted octanol–water partition coefficient (Wildman–Crippen LogP) is 2.09. The molecule has 1 aromatic rings. The zero-order valence-electron chi connectivity index (χ0n) is 11.5. The first-order valence-electron chi connectivity index (χ1n) is 7.00. The topological polar surface area (TPSA) is 50.4 Å². The molecule has 0 aromatic heterocycles. The maximum atomic E-state index is 11.6. The van der Waals surface area contributed by atoms with Crippen LogP contribution in [0, 0.1) is 0 Å². The molecule has 0 bridgehead atoms. The minimum atomic E-state index is 0.0434. The van der Waals surface area contributed by atoms with Crippen molar-refractivity contribution in [2.45, 2.75) is 32.7 Å². The van der Waals surface area contributed by atoms with Crippen molar-refractivity contribution < 1.29 is 9.53 Å². The monoisotopic (exact) mass is 262 g/mol. The number of aryl methyl sites for hydroxylation is 1. The van der Waals surface area contributed by atoms with Crippen molar-refractivity contribution in [3.05, 3.63) is 29.3 Å². The number of carbonyl (C=O) groups excluding carboxylic acids is 1. The number of carbonyl (C=O) groups is 1. The number of nitrogens with one attached hydrogen (secondary N) is 2. The normalized spacial score (nSPS) is 13.5. The number of ether oxygens (including phenoxy) is 1. The zero-order valence-corrected chi connectivity index (χ0v) is 11.5. The van der Waals surface area contributed by atoms with Crippen LogP contribution in [-0.2, 0) is 22.5 Å². The Morgan fingerprint density at radius 3 is 3.21 bits per heavy atom. The molecule has 0 saturated carbocycles. The first-order chi connectivity index (χ1) is 9.31. The van der Waals surface area contributed by atoms with Crippen LogP contribution in [0.1, 0.15) is 30.9 Å². The highest BCUT2D eigenvalue weighted by Gasteiger charge is 2.12. The maximum absolute atomic E-state index is 11.6. The number of amides is 1. The summed E-state index contributed by atoms with van der Waals surface area (Å²) in [6.07, 6.45) is 2.72. The molecule has 1 aliphatic rings. The lowest BCUT2D eigenvalue weighted by Gasteiger charge is -2.21. The van der Waals surface area contributed by atoms with Crippen molar-refractivity contribution in [1.29, 1.82) is 0 Å². The molecule has 2 rings (SSSR count). The lowest BCUT2D eigenvalue weighted by molar-refractivity contribution is -0.122. The summed E-state index contributed by atoms with van der Waals surface area (Å²) in [6.45, 7) is 4.68. The third-order valence-corrected chi connectivity index (χ3v) is 3.32. The van der Waals surface area contributed by atoms with E-state index in [1.165, 1.54) is 23.2 Å². The number of para-hydroxylation sites is 1. The van der Waals surface area contributed by atoms with Crippen molar-refractivity contribution in [2.24, 2.45) is 0 Å². The highest BCUT2D eigenvalue weighted by molar-refractivity contribution is 5.76. The molecule has 0 radical (unpaired) electrons. The first-order valence-corrected chi connectivity index (χ1v) is 7.00. The largest absolute Gasteiger partial charge is 0.385 e. The highest BCUT2D eigenvalue weighted by atomic mass is 16.5. The Hall–Kier alpha value is -1.55. The fourth-order valence-corrected chi connectivity index (χ4v) is 2.32. The number of benzene rings is 1. The Morgan fingerprint density at radius 2 is 2.37 bits per heavy atom. The van der Waals surface area contributed by atoms with E-state index in [2.05, 4.69) is 28.8 Å². The van der Waals surface area contributed by atoms with E-state index in [-0.39, 0.29) is 5.91 Å². The molecule has 0 saturated heterocycles. The number of hydrogen-bond donors (Lipinski definition) is 2. The summed E-state index contributed by atoms with van der Waals surface area (Å²) in [5.74, 6) is 0.0434. The predicted molar refractivity (Wildman–Crippen MR) is 76.2 cm³/mol. The Balaban J connectivity index is 1.87. The Kier molecular flexibility index (Phi) is 5.21. The second kappa shape index (κ2) is 7.14. The van der Waals surface area contributed by atoms with E-state index in [0.29, 0.717) is 26.2 Å². The molecule has 2 N–H and O–H groups in total. The number of fused-ring (bicyclic) bond motifs is 1. The smallest absolute Gasteiger partial charge is 0.222 e. The van der Waals surface area contributed by atoms with Gasteiger partial charge in [-0.2, -0.15) is 0 Å². The molecule has 1 amide bonds. The standard InChI is InChI=1S/C15H22N2O2/c1-2-19-10-8-14(18)17-11-13-6-3-5-12-7-4-9-16-15(12)13/h3,5-6,16H,2,4,7-11H2,1H3,(H,17,18). The molecule has 0 fully saturated rings. The fourth-order valence-electron chi connectivity index (χ4n) is 2.32. The van der Waals surface area contributed by atoms with Gasteiger partial charge < -0.3 is 15.4 Å². The van der Waals surface area contributed by atoms with Gasteiger partial charge in [-0.05, 0) is 30.9 Å². The number of hydrogen-bond acceptors (Lipinski definition) is 3. The third kappa shape index (κ3) is 3.96. The SMILES string of the molecule is CCOCCC(=O)NCc1cccc2c1NCCC2. The summed E-state index contributed by atoms with van der Waals surface area (Å²) in [7, 11) is 0. The number of rotatable bonds is 6. The van der Waals surface area contributed by atoms with Gasteiger partial charge in [-0.15, -0.1) is 0 Å². The highest BCUT2D eigenvalue weighted by Crippen LogP contribution is 2.25. The molecule has 104 valence electrons. The molecule has 1 aromatic carbocycles. The quantitative estimate of drug-likeness (QED) is 0.772. The van der Waals surface area contributed by atoms with E-state index < -0.39 is 0 Å². The zero-order chi connectivity index (χ0) is 13.5. The molecule has 1 aliphatic heterocycles. The minimum Gasteiger partial charge on any atom is -0.385 e. The van der Waals surface area contributed by atoms with E-state index in [9.17, 15) is 4.79 Å². The van der Waals surface area contributed by atoms with Crippen molar-refractivity contribution in [3.8, 4) is 0 Å². The van der Waals surface area contributed by atoms with E-state index >= 15 is 0 Å². The summed E-state index contributed by atoms with van der Waals surface area (Å²) < 4.78 is 5.17. The van der Waals surface area contributed by atoms with Crippen LogP contribution in [0.25, 0.3) is 0 Å². The summed E-state index contributed by atoms with van der Waals surface area (Å²) >= 11 is 0. The van der Waals surface area contributed by atoms with Gasteiger partial charge in [0, 0.05) is 31.8 Å². The molecular weight excluding hydrogens is 240 g/mol. The van der Waals surface area contributed by atoms with Gasteiger partial charge >= 0.3 is 0 Å². The summed E-state index contributed by atoms with van der Waals surface area (Å²) in [6, 6.07) is 6.29. The van der Waals surface area contributed by atoms with E-state index in [1.54, 1.807) is 0 Å². The van der Waals surface area contributed by atoms with Crippen molar-refractivity contribution in [3.63, 3.8) is 0 Å². The van der Waals surface area contributed by atoms with Crippen LogP contribution in [0.3, 0.4) is 0 Å². The Morgan fingerprint density at radius 1 is 1.47 bits per heavy atom. The van der Waals surface area contributed by atoms with Gasteiger partial charge in [0.25, 0.3) is 0 Å². The van der Waals surface area contributed by atoms with Gasteiger partial charge in [-0.25, -0.2) is 0 Å². The van der Waals surface area contributed by atoms with Gasteiger partial charge in [0.2, 0.25) is 5.91 Å². The van der Waals surface area contributed by atoms with E-state index in [1.807, 2.05) is 6.92 Å². The van der Waals surface area contributed by atoms with Gasteiger partial charge in [-0.3, -0.25) is 4.79 Å². The van der Waals surface area contributed by atoms with Gasteiger partial charge in [0.15, 0.2) is 0 Å².